The van der Waals surface area contributed by atoms with Gasteiger partial charge in [0.2, 0.25) is 0 Å². The smallest absolute Gasteiger partial charge is 0.306 e. The van der Waals surface area contributed by atoms with Crippen LogP contribution in [-0.4, -0.2) is 55.9 Å². The van der Waals surface area contributed by atoms with E-state index in [-0.39, 0.29) is 36.0 Å². The first-order valence-corrected chi connectivity index (χ1v) is 9.22. The van der Waals surface area contributed by atoms with Crippen LogP contribution in [0.1, 0.15) is 40.0 Å². The third-order valence-corrected chi connectivity index (χ3v) is 5.34. The van der Waals surface area contributed by atoms with Crippen LogP contribution in [0.25, 0.3) is 0 Å². The molecule has 0 spiro atoms. The van der Waals surface area contributed by atoms with Crippen LogP contribution in [0.4, 0.5) is 0 Å². The van der Waals surface area contributed by atoms with E-state index < -0.39 is 9.84 Å². The van der Waals surface area contributed by atoms with Crippen molar-refractivity contribution >= 4 is 21.7 Å². The third-order valence-electron chi connectivity index (χ3n) is 3.59. The lowest BCUT2D eigenvalue weighted by Gasteiger charge is -2.26. The molecule has 1 fully saturated rings. The van der Waals surface area contributed by atoms with Crippen molar-refractivity contribution in [3.8, 4) is 0 Å². The number of nitrogens with zero attached hydrogens (tertiary/aromatic N) is 1. The first kappa shape index (κ1) is 17.9. The number of hydrogen-bond acceptors (Lipinski definition) is 5. The van der Waals surface area contributed by atoms with E-state index in [1.807, 2.05) is 13.8 Å². The fraction of sp³-hybridized carbons (Fsp3) is 0.857. The van der Waals surface area contributed by atoms with Gasteiger partial charge in [-0.2, -0.15) is 0 Å². The lowest BCUT2D eigenvalue weighted by Crippen LogP contribution is -2.43. The lowest BCUT2D eigenvalue weighted by atomic mass is 10.1. The Labute approximate surface area is 126 Å². The van der Waals surface area contributed by atoms with Gasteiger partial charge in [0.1, 0.15) is 0 Å². The van der Waals surface area contributed by atoms with Gasteiger partial charge in [0, 0.05) is 19.0 Å². The summed E-state index contributed by atoms with van der Waals surface area (Å²) < 4.78 is 27.9. The van der Waals surface area contributed by atoms with E-state index >= 15 is 0 Å². The molecule has 0 radical (unpaired) electrons. The van der Waals surface area contributed by atoms with E-state index in [1.54, 1.807) is 6.92 Å². The predicted octanol–water partition coefficient (Wildman–Crippen LogP) is 1.00. The molecule has 1 heterocycles. The average Bonchev–Trinajstić information content (AvgIpc) is 2.75. The van der Waals surface area contributed by atoms with Crippen LogP contribution in [0.2, 0.25) is 0 Å². The van der Waals surface area contributed by atoms with Crippen LogP contribution in [0.15, 0.2) is 0 Å². The molecule has 1 unspecified atom stereocenters. The Morgan fingerprint density at radius 3 is 2.48 bits per heavy atom. The second kappa shape index (κ2) is 7.77. The molecule has 1 aliphatic rings. The molecule has 1 aliphatic heterocycles. The van der Waals surface area contributed by atoms with Crippen LogP contribution in [-0.2, 0) is 24.2 Å². The molecule has 7 heteroatoms. The van der Waals surface area contributed by atoms with Crippen molar-refractivity contribution in [3.63, 3.8) is 0 Å². The van der Waals surface area contributed by atoms with Crippen molar-refractivity contribution in [1.29, 1.82) is 0 Å². The number of carbonyl (C=O) groups is 2. The van der Waals surface area contributed by atoms with Gasteiger partial charge in [-0.15, -0.1) is 0 Å². The fourth-order valence-corrected chi connectivity index (χ4v) is 4.09. The molecule has 0 N–H and O–H groups in total. The van der Waals surface area contributed by atoms with Gasteiger partial charge in [-0.25, -0.2) is 8.42 Å². The number of carbonyl (C=O) groups excluding carboxylic acids is 2. The number of likely N-dealkylation sites (N-methyl/N-ethyl adjacent to an activating group) is 1. The van der Waals surface area contributed by atoms with Crippen LogP contribution < -0.4 is 0 Å². The predicted molar refractivity (Wildman–Crippen MR) is 79.5 cm³/mol. The second-order valence-electron chi connectivity index (χ2n) is 5.83. The Kier molecular flexibility index (Phi) is 6.64. The zero-order valence-corrected chi connectivity index (χ0v) is 13.8. The summed E-state index contributed by atoms with van der Waals surface area (Å²) >= 11 is 0. The van der Waals surface area contributed by atoms with E-state index in [4.69, 9.17) is 4.74 Å². The van der Waals surface area contributed by atoms with Crippen molar-refractivity contribution in [2.45, 2.75) is 46.1 Å². The summed E-state index contributed by atoms with van der Waals surface area (Å²) in [5.41, 5.74) is 0. The maximum absolute atomic E-state index is 12.1. The van der Waals surface area contributed by atoms with Crippen LogP contribution in [0.3, 0.4) is 0 Å². The molecule has 0 aliphatic carbocycles. The highest BCUT2D eigenvalue weighted by molar-refractivity contribution is 7.91. The zero-order chi connectivity index (χ0) is 16.0. The second-order valence-corrected chi connectivity index (χ2v) is 8.06. The third kappa shape index (κ3) is 6.03. The normalized spacial score (nSPS) is 20.5. The van der Waals surface area contributed by atoms with E-state index in [2.05, 4.69) is 0 Å². The van der Waals surface area contributed by atoms with E-state index in [9.17, 15) is 18.0 Å². The molecule has 122 valence electrons. The molecule has 1 atom stereocenters. The number of amides is 1. The molecule has 21 heavy (non-hydrogen) atoms. The monoisotopic (exact) mass is 319 g/mol. The van der Waals surface area contributed by atoms with Crippen molar-refractivity contribution in [3.05, 3.63) is 0 Å². The largest absolute Gasteiger partial charge is 0.456 e. The molecular weight excluding hydrogens is 294 g/mol. The Bertz CT molecular complexity index is 472. The van der Waals surface area contributed by atoms with Crippen LogP contribution >= 0.6 is 0 Å². The minimum Gasteiger partial charge on any atom is -0.456 e. The summed E-state index contributed by atoms with van der Waals surface area (Å²) in [5.74, 6) is -0.169. The Morgan fingerprint density at radius 2 is 2.00 bits per heavy atom. The zero-order valence-electron chi connectivity index (χ0n) is 13.0. The van der Waals surface area contributed by atoms with Gasteiger partial charge in [-0.1, -0.05) is 13.8 Å². The SMILES string of the molecule is CCN(C(=O)COC(=O)CCC(C)C)C1CCS(=O)(=O)C1. The molecule has 0 aromatic heterocycles. The molecule has 0 aromatic carbocycles. The molecule has 1 saturated heterocycles. The van der Waals surface area contributed by atoms with Gasteiger partial charge >= 0.3 is 5.97 Å². The summed E-state index contributed by atoms with van der Waals surface area (Å²) in [6, 6.07) is -0.290. The lowest BCUT2D eigenvalue weighted by molar-refractivity contribution is -0.153. The molecular formula is C14H25NO5S. The molecule has 6 nitrogen and oxygen atoms in total. The highest BCUT2D eigenvalue weighted by Gasteiger charge is 2.34. The van der Waals surface area contributed by atoms with E-state index in [1.165, 1.54) is 4.90 Å². The Hall–Kier alpha value is -1.11. The van der Waals surface area contributed by atoms with Gasteiger partial charge in [0.05, 0.1) is 11.5 Å². The number of ether oxygens (including phenoxy) is 1. The van der Waals surface area contributed by atoms with Gasteiger partial charge < -0.3 is 9.64 Å². The molecule has 1 amide bonds. The van der Waals surface area contributed by atoms with Crippen LogP contribution in [0.5, 0.6) is 0 Å². The van der Waals surface area contributed by atoms with E-state index in [0.717, 1.165) is 6.42 Å². The molecule has 0 saturated carbocycles. The van der Waals surface area contributed by atoms with Gasteiger partial charge in [-0.3, -0.25) is 9.59 Å². The average molecular weight is 319 g/mol. The first-order chi connectivity index (χ1) is 9.75. The minimum atomic E-state index is -3.04. The number of sulfone groups is 1. The Morgan fingerprint density at radius 1 is 1.33 bits per heavy atom. The van der Waals surface area contributed by atoms with Gasteiger partial charge in [0.25, 0.3) is 5.91 Å². The topological polar surface area (TPSA) is 80.8 Å². The Balaban J connectivity index is 2.44. The highest BCUT2D eigenvalue weighted by Crippen LogP contribution is 2.17. The van der Waals surface area contributed by atoms with Crippen molar-refractivity contribution in [2.24, 2.45) is 5.92 Å². The fourth-order valence-electron chi connectivity index (χ4n) is 2.36. The quantitative estimate of drug-likeness (QED) is 0.654. The summed E-state index contributed by atoms with van der Waals surface area (Å²) in [6.45, 7) is 5.93. The van der Waals surface area contributed by atoms with Crippen LogP contribution in [0, 0.1) is 5.92 Å². The van der Waals surface area contributed by atoms with Crippen molar-refractivity contribution in [2.75, 3.05) is 24.7 Å². The maximum Gasteiger partial charge on any atom is 0.306 e. The van der Waals surface area contributed by atoms with E-state index in [0.29, 0.717) is 25.3 Å². The van der Waals surface area contributed by atoms with Crippen molar-refractivity contribution < 1.29 is 22.7 Å². The van der Waals surface area contributed by atoms with Crippen molar-refractivity contribution in [1.82, 2.24) is 4.90 Å². The minimum absolute atomic E-state index is 0.00781. The molecule has 0 bridgehead atoms. The maximum atomic E-state index is 12.1. The highest BCUT2D eigenvalue weighted by atomic mass is 32.2. The molecule has 1 rings (SSSR count). The standard InChI is InChI=1S/C14H25NO5S/c1-4-15(12-7-8-21(18,19)10-12)13(16)9-20-14(17)6-5-11(2)3/h11-12H,4-10H2,1-3H3. The summed E-state index contributed by atoms with van der Waals surface area (Å²) in [4.78, 5) is 25.1. The summed E-state index contributed by atoms with van der Waals surface area (Å²) in [7, 11) is -3.04. The first-order valence-electron chi connectivity index (χ1n) is 7.40. The number of esters is 1. The number of hydrogen-bond donors (Lipinski definition) is 0. The van der Waals surface area contributed by atoms with Gasteiger partial charge in [0.15, 0.2) is 16.4 Å². The summed E-state index contributed by atoms with van der Waals surface area (Å²) in [6.07, 6.45) is 1.49. The van der Waals surface area contributed by atoms with Gasteiger partial charge in [-0.05, 0) is 25.7 Å². The molecule has 0 aromatic rings. The summed E-state index contributed by atoms with van der Waals surface area (Å²) in [5, 5.41) is 0. The number of rotatable bonds is 7.